The number of benzene rings is 3. The maximum Gasteiger partial charge on any atom is 0.308 e. The number of hydrogen-bond donors (Lipinski definition) is 0. The quantitative estimate of drug-likeness (QED) is 0.429. The molecule has 0 saturated carbocycles. The van der Waals surface area contributed by atoms with Crippen molar-refractivity contribution in [2.24, 2.45) is 0 Å². The van der Waals surface area contributed by atoms with Crippen molar-refractivity contribution in [3.63, 3.8) is 0 Å². The fourth-order valence-corrected chi connectivity index (χ4v) is 4.57. The van der Waals surface area contributed by atoms with Crippen LogP contribution in [0.1, 0.15) is 24.5 Å². The number of nitriles is 1. The molecule has 1 saturated heterocycles. The van der Waals surface area contributed by atoms with Crippen LogP contribution in [0.3, 0.4) is 0 Å². The minimum Gasteiger partial charge on any atom is -0.496 e. The van der Waals surface area contributed by atoms with Crippen molar-refractivity contribution in [2.75, 3.05) is 7.11 Å². The SMILES string of the molecule is COc1ccc(C2(C#N)OC(=O)CC2(C)c2ccc(Oc3ccccc3)cc2)cc1Br. The lowest BCUT2D eigenvalue weighted by atomic mass is 9.66. The van der Waals surface area contributed by atoms with Gasteiger partial charge in [-0.2, -0.15) is 5.26 Å². The van der Waals surface area contributed by atoms with Crippen molar-refractivity contribution in [3.8, 4) is 23.3 Å². The molecule has 1 aliphatic rings. The molecule has 3 aromatic carbocycles. The van der Waals surface area contributed by atoms with Gasteiger partial charge in [0.05, 0.1) is 23.4 Å². The minimum atomic E-state index is -1.47. The third kappa shape index (κ3) is 3.55. The van der Waals surface area contributed by atoms with Gasteiger partial charge in [-0.05, 0) is 64.8 Å². The first kappa shape index (κ1) is 21.0. The molecule has 4 rings (SSSR count). The van der Waals surface area contributed by atoms with Gasteiger partial charge in [-0.3, -0.25) is 4.79 Å². The topological polar surface area (TPSA) is 68.5 Å². The summed E-state index contributed by atoms with van der Waals surface area (Å²) in [5.74, 6) is 1.61. The zero-order valence-electron chi connectivity index (χ0n) is 17.1. The fourth-order valence-electron chi connectivity index (χ4n) is 4.03. The van der Waals surface area contributed by atoms with Crippen molar-refractivity contribution >= 4 is 21.9 Å². The summed E-state index contributed by atoms with van der Waals surface area (Å²) < 4.78 is 17.6. The van der Waals surface area contributed by atoms with E-state index in [9.17, 15) is 10.1 Å². The molecule has 156 valence electrons. The predicted octanol–water partition coefficient (Wildman–Crippen LogP) is 5.87. The standard InChI is InChI=1S/C25H20BrNO4/c1-24(17-8-11-20(12-9-17)30-19-6-4-3-5-7-19)15-23(28)31-25(24,16-27)18-10-13-22(29-2)21(26)14-18/h3-14H,15H2,1-2H3. The molecule has 2 atom stereocenters. The smallest absolute Gasteiger partial charge is 0.308 e. The number of nitrogens with zero attached hydrogens (tertiary/aromatic N) is 1. The highest BCUT2D eigenvalue weighted by Crippen LogP contribution is 2.53. The summed E-state index contributed by atoms with van der Waals surface area (Å²) in [6.07, 6.45) is 0.0864. The number of rotatable bonds is 5. The van der Waals surface area contributed by atoms with E-state index in [4.69, 9.17) is 14.2 Å². The molecule has 6 heteroatoms. The van der Waals surface area contributed by atoms with Gasteiger partial charge in [-0.15, -0.1) is 0 Å². The van der Waals surface area contributed by atoms with Crippen molar-refractivity contribution in [1.82, 2.24) is 0 Å². The van der Waals surface area contributed by atoms with Gasteiger partial charge in [0.1, 0.15) is 23.3 Å². The van der Waals surface area contributed by atoms with Crippen LogP contribution in [0.15, 0.2) is 77.3 Å². The zero-order valence-corrected chi connectivity index (χ0v) is 18.7. The highest BCUT2D eigenvalue weighted by Gasteiger charge is 2.60. The number of halogens is 1. The molecule has 0 N–H and O–H groups in total. The van der Waals surface area contributed by atoms with Crippen LogP contribution in [-0.2, 0) is 20.5 Å². The minimum absolute atomic E-state index is 0.0864. The molecule has 1 fully saturated rings. The van der Waals surface area contributed by atoms with Gasteiger partial charge >= 0.3 is 5.97 Å². The fraction of sp³-hybridized carbons (Fsp3) is 0.200. The summed E-state index contributed by atoms with van der Waals surface area (Å²) in [6.45, 7) is 1.88. The van der Waals surface area contributed by atoms with Crippen molar-refractivity contribution < 1.29 is 19.0 Å². The van der Waals surface area contributed by atoms with Gasteiger partial charge in [0.15, 0.2) is 0 Å². The summed E-state index contributed by atoms with van der Waals surface area (Å²) in [5, 5.41) is 10.3. The van der Waals surface area contributed by atoms with E-state index >= 15 is 0 Å². The van der Waals surface area contributed by atoms with Crippen molar-refractivity contribution in [2.45, 2.75) is 24.4 Å². The number of ether oxygens (including phenoxy) is 3. The van der Waals surface area contributed by atoms with E-state index in [0.717, 1.165) is 11.3 Å². The lowest BCUT2D eigenvalue weighted by Gasteiger charge is -2.36. The Hall–Kier alpha value is -3.30. The summed E-state index contributed by atoms with van der Waals surface area (Å²) in [5.41, 5.74) is -0.966. The molecule has 0 radical (unpaired) electrons. The molecular weight excluding hydrogens is 458 g/mol. The molecule has 2 unspecified atom stereocenters. The van der Waals surface area contributed by atoms with Gasteiger partial charge in [0.2, 0.25) is 5.60 Å². The summed E-state index contributed by atoms with van der Waals surface area (Å²) in [4.78, 5) is 12.5. The number of esters is 1. The molecular formula is C25H20BrNO4. The molecule has 1 aliphatic heterocycles. The Bertz CT molecular complexity index is 1160. The van der Waals surface area contributed by atoms with Crippen molar-refractivity contribution in [1.29, 1.82) is 5.26 Å². The van der Waals surface area contributed by atoms with Crippen LogP contribution in [-0.4, -0.2) is 13.1 Å². The van der Waals surface area contributed by atoms with Crippen LogP contribution in [0.2, 0.25) is 0 Å². The maximum atomic E-state index is 12.5. The summed E-state index contributed by atoms with van der Waals surface area (Å²) in [7, 11) is 1.57. The molecule has 5 nitrogen and oxygen atoms in total. The van der Waals surface area contributed by atoms with Gasteiger partial charge in [-0.25, -0.2) is 0 Å². The number of carbonyl (C=O) groups is 1. The molecule has 3 aromatic rings. The number of cyclic esters (lactones) is 1. The highest BCUT2D eigenvalue weighted by atomic mass is 79.9. The Morgan fingerprint density at radius 2 is 1.65 bits per heavy atom. The zero-order chi connectivity index (χ0) is 22.1. The largest absolute Gasteiger partial charge is 0.496 e. The second kappa shape index (κ2) is 8.09. The molecule has 0 bridgehead atoms. The molecule has 1 heterocycles. The molecule has 0 spiro atoms. The monoisotopic (exact) mass is 477 g/mol. The van der Waals surface area contributed by atoms with E-state index in [1.807, 2.05) is 61.5 Å². The lowest BCUT2D eigenvalue weighted by Crippen LogP contribution is -2.43. The molecule has 31 heavy (non-hydrogen) atoms. The van der Waals surface area contributed by atoms with E-state index < -0.39 is 17.0 Å². The second-order valence-corrected chi connectivity index (χ2v) is 8.42. The number of carbonyl (C=O) groups excluding carboxylic acids is 1. The summed E-state index contributed by atoms with van der Waals surface area (Å²) >= 11 is 3.47. The van der Waals surface area contributed by atoms with Crippen LogP contribution < -0.4 is 9.47 Å². The molecule has 0 aliphatic carbocycles. The third-order valence-corrected chi connectivity index (χ3v) is 6.35. The Kier molecular flexibility index (Phi) is 5.47. The highest BCUT2D eigenvalue weighted by molar-refractivity contribution is 9.10. The Morgan fingerprint density at radius 1 is 1.00 bits per heavy atom. The predicted molar refractivity (Wildman–Crippen MR) is 119 cm³/mol. The Labute approximate surface area is 189 Å². The van der Waals surface area contributed by atoms with E-state index in [1.54, 1.807) is 25.3 Å². The number of hydrogen-bond acceptors (Lipinski definition) is 5. The lowest BCUT2D eigenvalue weighted by molar-refractivity contribution is -0.146. The average molecular weight is 478 g/mol. The van der Waals surface area contributed by atoms with Crippen LogP contribution in [0.5, 0.6) is 17.2 Å². The normalized spacial score (nSPS) is 22.5. The Morgan fingerprint density at radius 3 is 2.26 bits per heavy atom. The van der Waals surface area contributed by atoms with E-state index in [2.05, 4.69) is 22.0 Å². The van der Waals surface area contributed by atoms with E-state index in [-0.39, 0.29) is 6.42 Å². The van der Waals surface area contributed by atoms with Crippen molar-refractivity contribution in [3.05, 3.63) is 88.4 Å². The third-order valence-electron chi connectivity index (χ3n) is 5.73. The van der Waals surface area contributed by atoms with Crippen LogP contribution in [0.4, 0.5) is 0 Å². The molecule has 0 amide bonds. The maximum absolute atomic E-state index is 12.5. The first-order valence-electron chi connectivity index (χ1n) is 9.72. The van der Waals surface area contributed by atoms with Gasteiger partial charge in [0.25, 0.3) is 0 Å². The van der Waals surface area contributed by atoms with Crippen LogP contribution >= 0.6 is 15.9 Å². The van der Waals surface area contributed by atoms with Gasteiger partial charge < -0.3 is 14.2 Å². The van der Waals surface area contributed by atoms with Crippen LogP contribution in [0.25, 0.3) is 0 Å². The Balaban J connectivity index is 1.74. The van der Waals surface area contributed by atoms with Crippen LogP contribution in [0, 0.1) is 11.3 Å². The summed E-state index contributed by atoms with van der Waals surface area (Å²) in [6, 6.07) is 24.5. The number of para-hydroxylation sites is 1. The second-order valence-electron chi connectivity index (χ2n) is 7.56. The van der Waals surface area contributed by atoms with Gasteiger partial charge in [-0.1, -0.05) is 36.4 Å². The first-order chi connectivity index (χ1) is 14.9. The van der Waals surface area contributed by atoms with E-state index in [0.29, 0.717) is 21.5 Å². The van der Waals surface area contributed by atoms with E-state index in [1.165, 1.54) is 0 Å². The van der Waals surface area contributed by atoms with Gasteiger partial charge in [0, 0.05) is 5.56 Å². The average Bonchev–Trinajstić information content (AvgIpc) is 3.06. The first-order valence-corrected chi connectivity index (χ1v) is 10.5. The number of methoxy groups -OCH3 is 1. The molecule has 0 aromatic heterocycles.